The van der Waals surface area contributed by atoms with Crippen molar-refractivity contribution in [3.8, 4) is 21.0 Å². The fourth-order valence-electron chi connectivity index (χ4n) is 4.26. The zero-order valence-electron chi connectivity index (χ0n) is 20.3. The fourth-order valence-corrected chi connectivity index (χ4v) is 5.93. The van der Waals surface area contributed by atoms with Gasteiger partial charge in [-0.2, -0.15) is 0 Å². The minimum atomic E-state index is -0.549. The zero-order chi connectivity index (χ0) is 25.8. The molecule has 0 radical (unpaired) electrons. The minimum absolute atomic E-state index is 0.196. The standard InChI is InChI=1S/C28H26FN3O3S2/c1-18(33)30-15-23-16-32(28(34)35-23)22-11-12-24(25(29)14-22)20-9-7-19(8-10-20)4-2-5-21-17-37-27(31-21)26-6-3-13-36-26/h3,6-14,17,23H,2,4-5,15-16H2,1H3,(H,30,33)/t23-/m0/s1. The molecular weight excluding hydrogens is 509 g/mol. The van der Waals surface area contributed by atoms with Gasteiger partial charge in [-0.1, -0.05) is 30.3 Å². The topological polar surface area (TPSA) is 71.5 Å². The maximum atomic E-state index is 15.0. The van der Waals surface area contributed by atoms with Gasteiger partial charge < -0.3 is 10.1 Å². The Balaban J connectivity index is 1.17. The summed E-state index contributed by atoms with van der Waals surface area (Å²) in [5.74, 6) is -0.604. The Kier molecular flexibility index (Phi) is 7.62. The van der Waals surface area contributed by atoms with Gasteiger partial charge >= 0.3 is 6.09 Å². The largest absolute Gasteiger partial charge is 0.442 e. The molecular formula is C28H26FN3O3S2. The Bertz CT molecular complexity index is 1390. The average Bonchev–Trinajstić information content (AvgIpc) is 3.65. The Morgan fingerprint density at radius 2 is 2.00 bits per heavy atom. The van der Waals surface area contributed by atoms with Crippen LogP contribution in [0.25, 0.3) is 21.0 Å². The summed E-state index contributed by atoms with van der Waals surface area (Å²) in [4.78, 5) is 30.7. The molecule has 1 saturated heterocycles. The second-order valence-electron chi connectivity index (χ2n) is 8.89. The molecule has 0 unspecified atom stereocenters. The predicted molar refractivity (Wildman–Crippen MR) is 146 cm³/mol. The van der Waals surface area contributed by atoms with E-state index in [0.717, 1.165) is 35.5 Å². The van der Waals surface area contributed by atoms with Gasteiger partial charge in [0.05, 0.1) is 29.3 Å². The Morgan fingerprint density at radius 1 is 1.16 bits per heavy atom. The van der Waals surface area contributed by atoms with Crippen LogP contribution < -0.4 is 10.2 Å². The number of carbonyl (C=O) groups is 2. The molecule has 4 aromatic rings. The second-order valence-corrected chi connectivity index (χ2v) is 10.7. The van der Waals surface area contributed by atoms with Crippen LogP contribution >= 0.6 is 22.7 Å². The third-order valence-corrected chi connectivity index (χ3v) is 8.09. The van der Waals surface area contributed by atoms with Crippen LogP contribution in [0, 0.1) is 5.82 Å². The number of hydrogen-bond donors (Lipinski definition) is 1. The van der Waals surface area contributed by atoms with Crippen molar-refractivity contribution >= 4 is 40.4 Å². The van der Waals surface area contributed by atoms with Crippen molar-refractivity contribution in [2.24, 2.45) is 0 Å². The summed E-state index contributed by atoms with van der Waals surface area (Å²) in [6, 6.07) is 16.8. The van der Waals surface area contributed by atoms with Gasteiger partial charge in [0.1, 0.15) is 16.9 Å². The maximum absolute atomic E-state index is 15.0. The van der Waals surface area contributed by atoms with Gasteiger partial charge in [-0.05, 0) is 60.0 Å². The first-order chi connectivity index (χ1) is 18.0. The number of benzene rings is 2. The van der Waals surface area contributed by atoms with E-state index >= 15 is 4.39 Å². The number of rotatable bonds is 9. The van der Waals surface area contributed by atoms with Crippen LogP contribution in [0.3, 0.4) is 0 Å². The average molecular weight is 536 g/mol. The number of nitrogens with one attached hydrogen (secondary N) is 1. The molecule has 9 heteroatoms. The van der Waals surface area contributed by atoms with Crippen LogP contribution in [0.1, 0.15) is 24.6 Å². The Hall–Kier alpha value is -3.56. The van der Waals surface area contributed by atoms with Crippen molar-refractivity contribution in [3.05, 3.63) is 82.4 Å². The highest BCUT2D eigenvalue weighted by Gasteiger charge is 2.32. The molecule has 2 amide bonds. The minimum Gasteiger partial charge on any atom is -0.442 e. The molecule has 0 aliphatic carbocycles. The third kappa shape index (κ3) is 6.06. The van der Waals surface area contributed by atoms with E-state index in [-0.39, 0.29) is 19.0 Å². The maximum Gasteiger partial charge on any atom is 0.414 e. The number of halogens is 1. The summed E-state index contributed by atoms with van der Waals surface area (Å²) in [5, 5.41) is 7.91. The van der Waals surface area contributed by atoms with E-state index < -0.39 is 18.0 Å². The van der Waals surface area contributed by atoms with Crippen molar-refractivity contribution in [3.63, 3.8) is 0 Å². The molecule has 2 aromatic heterocycles. The van der Waals surface area contributed by atoms with E-state index in [1.54, 1.807) is 34.8 Å². The van der Waals surface area contributed by atoms with Gasteiger partial charge in [0.15, 0.2) is 0 Å². The van der Waals surface area contributed by atoms with Crippen LogP contribution in [0.4, 0.5) is 14.9 Å². The molecule has 190 valence electrons. The van der Waals surface area contributed by atoms with E-state index in [0.29, 0.717) is 11.3 Å². The molecule has 0 spiro atoms. The summed E-state index contributed by atoms with van der Waals surface area (Å²) in [7, 11) is 0. The third-order valence-electron chi connectivity index (χ3n) is 6.16. The number of amides is 2. The monoisotopic (exact) mass is 535 g/mol. The molecule has 6 nitrogen and oxygen atoms in total. The Labute approximate surface area is 222 Å². The summed E-state index contributed by atoms with van der Waals surface area (Å²) >= 11 is 3.39. The molecule has 37 heavy (non-hydrogen) atoms. The summed E-state index contributed by atoms with van der Waals surface area (Å²) < 4.78 is 20.3. The number of carbonyl (C=O) groups excluding carboxylic acids is 2. The number of aryl methyl sites for hydroxylation is 2. The molecule has 5 rings (SSSR count). The van der Waals surface area contributed by atoms with E-state index in [9.17, 15) is 9.59 Å². The SMILES string of the molecule is CC(=O)NC[C@H]1CN(c2ccc(-c3ccc(CCCc4csc(-c5cccs5)n4)cc3)c(F)c2)C(=O)O1. The lowest BCUT2D eigenvalue weighted by molar-refractivity contribution is -0.119. The summed E-state index contributed by atoms with van der Waals surface area (Å²) in [6.45, 7) is 1.88. The normalized spacial score (nSPS) is 15.1. The van der Waals surface area contributed by atoms with Crippen LogP contribution in [0.15, 0.2) is 65.4 Å². The lowest BCUT2D eigenvalue weighted by Crippen LogP contribution is -2.33. The highest BCUT2D eigenvalue weighted by molar-refractivity contribution is 7.20. The number of ether oxygens (including phenoxy) is 1. The summed E-state index contributed by atoms with van der Waals surface area (Å²) in [6.07, 6.45) is 1.82. The van der Waals surface area contributed by atoms with Gasteiger partial charge in [-0.15, -0.1) is 22.7 Å². The molecule has 0 bridgehead atoms. The zero-order valence-corrected chi connectivity index (χ0v) is 21.9. The molecule has 1 N–H and O–H groups in total. The first-order valence-corrected chi connectivity index (χ1v) is 13.8. The van der Waals surface area contributed by atoms with Gasteiger partial charge in [0.2, 0.25) is 5.91 Å². The number of hydrogen-bond acceptors (Lipinski definition) is 6. The van der Waals surface area contributed by atoms with Crippen LogP contribution in [0.5, 0.6) is 0 Å². The Morgan fingerprint density at radius 3 is 2.73 bits per heavy atom. The van der Waals surface area contributed by atoms with E-state index in [1.165, 1.54) is 28.3 Å². The smallest absolute Gasteiger partial charge is 0.414 e. The molecule has 0 saturated carbocycles. The first kappa shape index (κ1) is 25.1. The second kappa shape index (κ2) is 11.2. The highest BCUT2D eigenvalue weighted by atomic mass is 32.1. The molecule has 2 aromatic carbocycles. The lowest BCUT2D eigenvalue weighted by atomic mass is 10.0. The predicted octanol–water partition coefficient (Wildman–Crippen LogP) is 6.31. The first-order valence-electron chi connectivity index (χ1n) is 12.1. The summed E-state index contributed by atoms with van der Waals surface area (Å²) in [5.41, 5.74) is 3.99. The van der Waals surface area contributed by atoms with Gasteiger partial charge in [-0.25, -0.2) is 14.2 Å². The van der Waals surface area contributed by atoms with E-state index in [2.05, 4.69) is 22.1 Å². The van der Waals surface area contributed by atoms with Crippen LogP contribution in [-0.4, -0.2) is 36.2 Å². The fraction of sp³-hybridized carbons (Fsp3) is 0.250. The van der Waals surface area contributed by atoms with Crippen LogP contribution in [-0.2, 0) is 22.4 Å². The molecule has 3 heterocycles. The van der Waals surface area contributed by atoms with Crippen LogP contribution in [0.2, 0.25) is 0 Å². The van der Waals surface area contributed by atoms with Crippen molar-refractivity contribution in [1.82, 2.24) is 10.3 Å². The number of thiazole rings is 1. The van der Waals surface area contributed by atoms with E-state index in [4.69, 9.17) is 9.72 Å². The lowest BCUT2D eigenvalue weighted by Gasteiger charge is -2.14. The molecule has 1 aliphatic rings. The number of aromatic nitrogens is 1. The number of nitrogens with zero attached hydrogens (tertiary/aromatic N) is 2. The van der Waals surface area contributed by atoms with Gasteiger partial charge in [-0.3, -0.25) is 9.69 Å². The quantitative estimate of drug-likeness (QED) is 0.273. The highest BCUT2D eigenvalue weighted by Crippen LogP contribution is 2.30. The molecule has 1 fully saturated rings. The number of anilines is 1. The number of thiophene rings is 1. The van der Waals surface area contributed by atoms with Gasteiger partial charge in [0.25, 0.3) is 0 Å². The van der Waals surface area contributed by atoms with Crippen molar-refractivity contribution in [1.29, 1.82) is 0 Å². The van der Waals surface area contributed by atoms with E-state index in [1.807, 2.05) is 30.3 Å². The number of cyclic esters (lactones) is 1. The van der Waals surface area contributed by atoms with Crippen molar-refractivity contribution < 1.29 is 18.7 Å². The molecule has 1 atom stereocenters. The van der Waals surface area contributed by atoms with Crippen molar-refractivity contribution in [2.45, 2.75) is 32.3 Å². The van der Waals surface area contributed by atoms with Crippen molar-refractivity contribution in [2.75, 3.05) is 18.0 Å². The van der Waals surface area contributed by atoms with Gasteiger partial charge in [0, 0.05) is 17.9 Å². The molecule has 1 aliphatic heterocycles.